The molecular formula is C24H26F2N2O. The quantitative estimate of drug-likeness (QED) is 0.718. The number of hydrogen-bond donors (Lipinski definition) is 1. The fraction of sp³-hybridized carbons (Fsp3) is 0.458. The molecule has 1 saturated carbocycles. The van der Waals surface area contributed by atoms with E-state index in [2.05, 4.69) is 22.3 Å². The van der Waals surface area contributed by atoms with Gasteiger partial charge in [-0.3, -0.25) is 4.79 Å². The van der Waals surface area contributed by atoms with Crippen LogP contribution in [0.15, 0.2) is 30.3 Å². The lowest BCUT2D eigenvalue weighted by atomic mass is 9.74. The van der Waals surface area contributed by atoms with Crippen molar-refractivity contribution in [1.82, 2.24) is 0 Å². The van der Waals surface area contributed by atoms with E-state index in [1.807, 2.05) is 19.9 Å². The number of piperidine rings is 1. The Kier molecular flexibility index (Phi) is 4.19. The highest BCUT2D eigenvalue weighted by atomic mass is 19.1. The highest BCUT2D eigenvalue weighted by molar-refractivity contribution is 5.93. The summed E-state index contributed by atoms with van der Waals surface area (Å²) in [7, 11) is 0. The predicted octanol–water partition coefficient (Wildman–Crippen LogP) is 5.71. The first-order valence-corrected chi connectivity index (χ1v) is 10.5. The molecule has 1 N–H and O–H groups in total. The Morgan fingerprint density at radius 2 is 1.86 bits per heavy atom. The zero-order valence-electron chi connectivity index (χ0n) is 16.9. The third-order valence-electron chi connectivity index (χ3n) is 6.81. The number of halogens is 2. The minimum absolute atomic E-state index is 0.0587. The molecular weight excluding hydrogens is 370 g/mol. The summed E-state index contributed by atoms with van der Waals surface area (Å²) < 4.78 is 27.6. The van der Waals surface area contributed by atoms with E-state index in [0.717, 1.165) is 47.5 Å². The molecule has 2 unspecified atom stereocenters. The van der Waals surface area contributed by atoms with Crippen molar-refractivity contribution in [2.45, 2.75) is 63.6 Å². The van der Waals surface area contributed by atoms with Crippen LogP contribution in [-0.4, -0.2) is 18.1 Å². The van der Waals surface area contributed by atoms with Crippen molar-refractivity contribution in [3.8, 4) is 0 Å². The lowest BCUT2D eigenvalue weighted by Gasteiger charge is -2.48. The smallest absolute Gasteiger partial charge is 0.227 e. The van der Waals surface area contributed by atoms with Crippen LogP contribution in [0.4, 0.5) is 20.2 Å². The summed E-state index contributed by atoms with van der Waals surface area (Å²) in [5.41, 5.74) is 5.00. The van der Waals surface area contributed by atoms with E-state index in [0.29, 0.717) is 18.8 Å². The van der Waals surface area contributed by atoms with E-state index >= 15 is 0 Å². The zero-order chi connectivity index (χ0) is 20.3. The van der Waals surface area contributed by atoms with Crippen molar-refractivity contribution in [2.24, 2.45) is 0 Å². The summed E-state index contributed by atoms with van der Waals surface area (Å²) in [5.74, 6) is -0.0576. The molecule has 1 saturated heterocycles. The van der Waals surface area contributed by atoms with Crippen LogP contribution in [0.5, 0.6) is 0 Å². The molecule has 5 heteroatoms. The molecule has 152 valence electrons. The summed E-state index contributed by atoms with van der Waals surface area (Å²) in [6, 6.07) is 9.67. The average Bonchev–Trinajstić information content (AvgIpc) is 3.41. The standard InChI is InChI=1S/C24H26F2N2O/c1-14-9-18(10-15(2)23(14)27-22(29)12-24(26)7-8-24)28-13-16-3-6-21(28)19-5-4-17(25)11-20(16)19/h4-5,9-11,16,21H,3,6-8,12-13H2,1-2H3,(H,27,29). The van der Waals surface area contributed by atoms with Gasteiger partial charge in [0.15, 0.2) is 0 Å². The number of carbonyl (C=O) groups excluding carboxylic acids is 1. The zero-order valence-corrected chi connectivity index (χ0v) is 16.9. The lowest BCUT2D eigenvalue weighted by Crippen LogP contribution is -2.42. The number of nitrogens with zero attached hydrogens (tertiary/aromatic N) is 1. The molecule has 2 heterocycles. The van der Waals surface area contributed by atoms with E-state index in [1.54, 1.807) is 12.1 Å². The molecule has 2 aromatic rings. The number of anilines is 2. The number of hydrogen-bond acceptors (Lipinski definition) is 2. The number of nitrogens with one attached hydrogen (secondary N) is 1. The van der Waals surface area contributed by atoms with Crippen LogP contribution >= 0.6 is 0 Å². The van der Waals surface area contributed by atoms with Gasteiger partial charge in [0.05, 0.1) is 12.5 Å². The molecule has 2 aliphatic carbocycles. The van der Waals surface area contributed by atoms with E-state index in [1.165, 1.54) is 5.56 Å². The van der Waals surface area contributed by atoms with Gasteiger partial charge in [0.2, 0.25) is 5.91 Å². The first-order valence-electron chi connectivity index (χ1n) is 10.5. The largest absolute Gasteiger partial charge is 0.364 e. The van der Waals surface area contributed by atoms with Crippen molar-refractivity contribution in [1.29, 1.82) is 0 Å². The topological polar surface area (TPSA) is 32.3 Å². The molecule has 0 spiro atoms. The van der Waals surface area contributed by atoms with Crippen LogP contribution in [0.1, 0.15) is 66.3 Å². The summed E-state index contributed by atoms with van der Waals surface area (Å²) in [6.45, 7) is 4.86. The fourth-order valence-electron chi connectivity index (χ4n) is 5.12. The van der Waals surface area contributed by atoms with Gasteiger partial charge in [-0.1, -0.05) is 6.07 Å². The highest BCUT2D eigenvalue weighted by Crippen LogP contribution is 2.49. The Hall–Kier alpha value is -2.43. The number of carbonyl (C=O) groups is 1. The maximum absolute atomic E-state index is 13.9. The fourth-order valence-corrected chi connectivity index (χ4v) is 5.12. The second-order valence-electron chi connectivity index (χ2n) is 9.05. The van der Waals surface area contributed by atoms with Crippen molar-refractivity contribution >= 4 is 17.3 Å². The van der Waals surface area contributed by atoms with Gasteiger partial charge in [0.25, 0.3) is 0 Å². The number of rotatable bonds is 4. The van der Waals surface area contributed by atoms with E-state index < -0.39 is 5.67 Å². The Morgan fingerprint density at radius 1 is 1.14 bits per heavy atom. The Balaban J connectivity index is 1.41. The Bertz CT molecular complexity index is 975. The summed E-state index contributed by atoms with van der Waals surface area (Å²) >= 11 is 0. The van der Waals surface area contributed by atoms with Gasteiger partial charge < -0.3 is 10.2 Å². The predicted molar refractivity (Wildman–Crippen MR) is 111 cm³/mol. The molecule has 2 atom stereocenters. The van der Waals surface area contributed by atoms with Gasteiger partial charge in [-0.15, -0.1) is 0 Å². The molecule has 3 nitrogen and oxygen atoms in total. The van der Waals surface area contributed by atoms with Gasteiger partial charge in [-0.25, -0.2) is 8.78 Å². The number of fused-ring (bicyclic) bond motifs is 2. The van der Waals surface area contributed by atoms with Crippen molar-refractivity contribution in [3.05, 3.63) is 58.4 Å². The normalized spacial score (nSPS) is 23.7. The van der Waals surface area contributed by atoms with Crippen LogP contribution in [0.3, 0.4) is 0 Å². The van der Waals surface area contributed by atoms with Gasteiger partial charge in [0, 0.05) is 23.8 Å². The summed E-state index contributed by atoms with van der Waals surface area (Å²) in [6.07, 6.45) is 3.07. The highest BCUT2D eigenvalue weighted by Gasteiger charge is 2.45. The minimum Gasteiger partial charge on any atom is -0.364 e. The minimum atomic E-state index is -1.29. The van der Waals surface area contributed by atoms with E-state index in [4.69, 9.17) is 0 Å². The van der Waals surface area contributed by atoms with Gasteiger partial charge in [0.1, 0.15) is 11.5 Å². The second-order valence-corrected chi connectivity index (χ2v) is 9.05. The number of amides is 1. The van der Waals surface area contributed by atoms with Crippen LogP contribution in [-0.2, 0) is 4.79 Å². The van der Waals surface area contributed by atoms with Crippen molar-refractivity contribution in [3.63, 3.8) is 0 Å². The molecule has 29 heavy (non-hydrogen) atoms. The third kappa shape index (κ3) is 3.30. The second kappa shape index (κ2) is 6.54. The molecule has 1 amide bonds. The molecule has 2 aliphatic heterocycles. The first kappa shape index (κ1) is 18.6. The van der Waals surface area contributed by atoms with Crippen molar-refractivity contribution in [2.75, 3.05) is 16.8 Å². The Labute approximate surface area is 170 Å². The molecule has 2 aromatic carbocycles. The number of aryl methyl sites for hydroxylation is 2. The summed E-state index contributed by atoms with van der Waals surface area (Å²) in [4.78, 5) is 14.7. The average molecular weight is 396 g/mol. The van der Waals surface area contributed by atoms with Crippen LogP contribution < -0.4 is 10.2 Å². The van der Waals surface area contributed by atoms with Gasteiger partial charge >= 0.3 is 0 Å². The van der Waals surface area contributed by atoms with Crippen LogP contribution in [0.25, 0.3) is 0 Å². The third-order valence-corrected chi connectivity index (χ3v) is 6.81. The monoisotopic (exact) mass is 396 g/mol. The van der Waals surface area contributed by atoms with Crippen molar-refractivity contribution < 1.29 is 13.6 Å². The maximum atomic E-state index is 13.9. The maximum Gasteiger partial charge on any atom is 0.227 e. The van der Waals surface area contributed by atoms with Gasteiger partial charge in [-0.2, -0.15) is 0 Å². The molecule has 6 rings (SSSR count). The first-order chi connectivity index (χ1) is 13.8. The number of alkyl halides is 1. The molecule has 0 radical (unpaired) electrons. The van der Waals surface area contributed by atoms with E-state index in [-0.39, 0.29) is 24.2 Å². The SMILES string of the molecule is Cc1cc(N2CC3CCC2c2ccc(F)cc23)cc(C)c1NC(=O)CC1(F)CC1. The molecule has 2 fully saturated rings. The molecule has 4 aliphatic rings. The van der Waals surface area contributed by atoms with Crippen LogP contribution in [0.2, 0.25) is 0 Å². The number of benzene rings is 2. The molecule has 2 bridgehead atoms. The van der Waals surface area contributed by atoms with E-state index in [9.17, 15) is 13.6 Å². The van der Waals surface area contributed by atoms with Crippen LogP contribution in [0, 0.1) is 19.7 Å². The van der Waals surface area contributed by atoms with Gasteiger partial charge in [-0.05, 0) is 86.1 Å². The lowest BCUT2D eigenvalue weighted by molar-refractivity contribution is -0.117. The molecule has 0 aromatic heterocycles. The Morgan fingerprint density at radius 3 is 2.55 bits per heavy atom. The summed E-state index contributed by atoms with van der Waals surface area (Å²) in [5, 5.41) is 2.92.